The van der Waals surface area contributed by atoms with Crippen LogP contribution in [-0.2, 0) is 0 Å². The Hall–Kier alpha value is -1.69. The van der Waals surface area contributed by atoms with Gasteiger partial charge in [-0.15, -0.1) is 0 Å². The molecule has 0 saturated carbocycles. The molecule has 2 N–H and O–H groups in total. The number of anilines is 1. The van der Waals surface area contributed by atoms with Crippen LogP contribution in [0.2, 0.25) is 0 Å². The summed E-state index contributed by atoms with van der Waals surface area (Å²) in [6.07, 6.45) is 0. The third kappa shape index (κ3) is 2.08. The van der Waals surface area contributed by atoms with Gasteiger partial charge in [-0.3, -0.25) is 0 Å². The van der Waals surface area contributed by atoms with Crippen LogP contribution in [0.3, 0.4) is 0 Å². The lowest BCUT2D eigenvalue weighted by Gasteiger charge is -2.44. The number of halogens is 2. The molecule has 0 bridgehead atoms. The molecule has 1 aromatic carbocycles. The van der Waals surface area contributed by atoms with E-state index in [0.717, 1.165) is 12.1 Å². The van der Waals surface area contributed by atoms with Crippen LogP contribution in [-0.4, -0.2) is 41.5 Å². The van der Waals surface area contributed by atoms with Crippen LogP contribution in [0.25, 0.3) is 0 Å². The smallest absolute Gasteiger partial charge is 0.338 e. The first-order chi connectivity index (χ1) is 7.95. The molecule has 0 radical (unpaired) electrons. The van der Waals surface area contributed by atoms with Gasteiger partial charge in [0.1, 0.15) is 5.82 Å². The largest absolute Gasteiger partial charge is 0.478 e. The lowest BCUT2D eigenvalue weighted by molar-refractivity contribution is 0.0444. The molecule has 1 aromatic rings. The van der Waals surface area contributed by atoms with Crippen LogP contribution >= 0.6 is 0 Å². The quantitative estimate of drug-likeness (QED) is 0.832. The monoisotopic (exact) mass is 243 g/mol. The SMILES string of the molecule is O=C(O)c1ccc(N2CC(F)(CO)C2)cc1F. The molecule has 0 atom stereocenters. The third-order valence-electron chi connectivity index (χ3n) is 2.78. The highest BCUT2D eigenvalue weighted by molar-refractivity contribution is 5.88. The lowest BCUT2D eigenvalue weighted by atomic mass is 9.96. The Morgan fingerprint density at radius 3 is 2.59 bits per heavy atom. The molecule has 1 aliphatic rings. The molecule has 1 fully saturated rings. The van der Waals surface area contributed by atoms with Crippen LogP contribution in [0.4, 0.5) is 14.5 Å². The number of carboxylic acid groups (broad SMARTS) is 1. The van der Waals surface area contributed by atoms with E-state index >= 15 is 0 Å². The topological polar surface area (TPSA) is 60.8 Å². The van der Waals surface area contributed by atoms with Crippen molar-refractivity contribution in [2.45, 2.75) is 5.67 Å². The van der Waals surface area contributed by atoms with E-state index in [1.807, 2.05) is 0 Å². The highest BCUT2D eigenvalue weighted by Crippen LogP contribution is 2.31. The molecule has 0 unspecified atom stereocenters. The Morgan fingerprint density at radius 1 is 1.47 bits per heavy atom. The molecule has 1 saturated heterocycles. The molecule has 4 nitrogen and oxygen atoms in total. The van der Waals surface area contributed by atoms with Gasteiger partial charge >= 0.3 is 5.97 Å². The second kappa shape index (κ2) is 3.96. The number of carboxylic acids is 1. The first-order valence-electron chi connectivity index (χ1n) is 5.03. The zero-order valence-electron chi connectivity index (χ0n) is 8.86. The number of aromatic carboxylic acids is 1. The van der Waals surface area contributed by atoms with Gasteiger partial charge in [0.2, 0.25) is 0 Å². The van der Waals surface area contributed by atoms with E-state index in [2.05, 4.69) is 0 Å². The molecule has 0 aliphatic carbocycles. The molecule has 6 heteroatoms. The van der Waals surface area contributed by atoms with Crippen LogP contribution in [0.1, 0.15) is 10.4 Å². The fourth-order valence-corrected chi connectivity index (χ4v) is 1.79. The minimum atomic E-state index is -1.64. The molecule has 2 rings (SSSR count). The van der Waals surface area contributed by atoms with Crippen molar-refractivity contribution in [1.29, 1.82) is 0 Å². The van der Waals surface area contributed by atoms with Crippen molar-refractivity contribution >= 4 is 11.7 Å². The Balaban J connectivity index is 2.15. The maximum atomic E-state index is 13.4. The van der Waals surface area contributed by atoms with Gasteiger partial charge in [-0.1, -0.05) is 0 Å². The Kier molecular flexibility index (Phi) is 2.74. The first-order valence-corrected chi connectivity index (χ1v) is 5.03. The molecule has 92 valence electrons. The summed E-state index contributed by atoms with van der Waals surface area (Å²) in [4.78, 5) is 12.1. The maximum absolute atomic E-state index is 13.4. The van der Waals surface area contributed by atoms with Crippen molar-refractivity contribution in [2.75, 3.05) is 24.6 Å². The number of carbonyl (C=O) groups is 1. The third-order valence-corrected chi connectivity index (χ3v) is 2.78. The van der Waals surface area contributed by atoms with Crippen LogP contribution in [0, 0.1) is 5.82 Å². The molecular weight excluding hydrogens is 232 g/mol. The summed E-state index contributed by atoms with van der Waals surface area (Å²) in [6.45, 7) is -0.607. The summed E-state index contributed by atoms with van der Waals surface area (Å²) in [5, 5.41) is 17.4. The number of hydrogen-bond donors (Lipinski definition) is 2. The average molecular weight is 243 g/mol. The van der Waals surface area contributed by atoms with Gasteiger partial charge in [0.25, 0.3) is 0 Å². The van der Waals surface area contributed by atoms with Crippen molar-refractivity contribution in [3.05, 3.63) is 29.6 Å². The Bertz CT molecular complexity index is 458. The van der Waals surface area contributed by atoms with E-state index < -0.39 is 29.6 Å². The van der Waals surface area contributed by atoms with Crippen molar-refractivity contribution in [3.63, 3.8) is 0 Å². The average Bonchev–Trinajstić information content (AvgIpc) is 2.24. The fraction of sp³-hybridized carbons (Fsp3) is 0.364. The van der Waals surface area contributed by atoms with Gasteiger partial charge < -0.3 is 15.1 Å². The van der Waals surface area contributed by atoms with E-state index in [9.17, 15) is 13.6 Å². The lowest BCUT2D eigenvalue weighted by Crippen LogP contribution is -2.61. The number of aliphatic hydroxyl groups excluding tert-OH is 1. The summed E-state index contributed by atoms with van der Waals surface area (Å²) < 4.78 is 26.7. The summed E-state index contributed by atoms with van der Waals surface area (Å²) in [5.41, 5.74) is -1.64. The van der Waals surface area contributed by atoms with Crippen molar-refractivity contribution in [3.8, 4) is 0 Å². The van der Waals surface area contributed by atoms with Gasteiger partial charge in [0, 0.05) is 5.69 Å². The maximum Gasteiger partial charge on any atom is 0.338 e. The fourth-order valence-electron chi connectivity index (χ4n) is 1.79. The van der Waals surface area contributed by atoms with Crippen molar-refractivity contribution in [2.24, 2.45) is 0 Å². The van der Waals surface area contributed by atoms with Crippen molar-refractivity contribution < 1.29 is 23.8 Å². The number of nitrogens with zero attached hydrogens (tertiary/aromatic N) is 1. The number of hydrogen-bond acceptors (Lipinski definition) is 3. The summed E-state index contributed by atoms with van der Waals surface area (Å²) in [5.74, 6) is -2.19. The van der Waals surface area contributed by atoms with Crippen LogP contribution in [0.5, 0.6) is 0 Å². The highest BCUT2D eigenvalue weighted by atomic mass is 19.1. The number of rotatable bonds is 3. The molecule has 0 amide bonds. The predicted molar refractivity (Wildman–Crippen MR) is 56.5 cm³/mol. The van der Waals surface area contributed by atoms with Gasteiger partial charge in [-0.2, -0.15) is 0 Å². The zero-order chi connectivity index (χ0) is 12.6. The molecule has 1 aliphatic heterocycles. The van der Waals surface area contributed by atoms with Gasteiger partial charge in [-0.25, -0.2) is 13.6 Å². The highest BCUT2D eigenvalue weighted by Gasteiger charge is 2.43. The number of benzene rings is 1. The van der Waals surface area contributed by atoms with Crippen LogP contribution < -0.4 is 4.90 Å². The zero-order valence-corrected chi connectivity index (χ0v) is 8.86. The second-order valence-electron chi connectivity index (χ2n) is 4.13. The molecule has 1 heterocycles. The van der Waals surface area contributed by atoms with E-state index in [0.29, 0.717) is 5.69 Å². The Labute approximate surface area is 96.1 Å². The number of alkyl halides is 1. The van der Waals surface area contributed by atoms with Crippen molar-refractivity contribution in [1.82, 2.24) is 0 Å². The molecule has 17 heavy (non-hydrogen) atoms. The van der Waals surface area contributed by atoms with Gasteiger partial charge in [0.15, 0.2) is 5.67 Å². The second-order valence-corrected chi connectivity index (χ2v) is 4.13. The minimum absolute atomic E-state index is 0.0185. The molecule has 0 spiro atoms. The minimum Gasteiger partial charge on any atom is -0.478 e. The van der Waals surface area contributed by atoms with E-state index in [-0.39, 0.29) is 13.1 Å². The standard InChI is InChI=1S/C11H11F2NO3/c12-9-3-7(1-2-8(9)10(16)17)14-4-11(13,5-14)6-15/h1-3,15H,4-6H2,(H,16,17). The molecular formula is C11H11F2NO3. The molecule has 0 aromatic heterocycles. The van der Waals surface area contributed by atoms with Gasteiger partial charge in [-0.05, 0) is 18.2 Å². The predicted octanol–water partition coefficient (Wildman–Crippen LogP) is 1.04. The first kappa shape index (κ1) is 11.8. The van der Waals surface area contributed by atoms with E-state index in [4.69, 9.17) is 10.2 Å². The summed E-state index contributed by atoms with van der Waals surface area (Å²) in [7, 11) is 0. The Morgan fingerprint density at radius 2 is 2.12 bits per heavy atom. The summed E-state index contributed by atoms with van der Waals surface area (Å²) in [6, 6.07) is 3.62. The number of aliphatic hydroxyl groups is 1. The normalized spacial score (nSPS) is 17.7. The summed E-state index contributed by atoms with van der Waals surface area (Å²) >= 11 is 0. The van der Waals surface area contributed by atoms with E-state index in [1.54, 1.807) is 0 Å². The van der Waals surface area contributed by atoms with E-state index in [1.165, 1.54) is 11.0 Å². The van der Waals surface area contributed by atoms with Gasteiger partial charge in [0.05, 0.1) is 25.3 Å². The van der Waals surface area contributed by atoms with Crippen LogP contribution in [0.15, 0.2) is 18.2 Å².